The summed E-state index contributed by atoms with van der Waals surface area (Å²) in [6.45, 7) is 1.21. The smallest absolute Gasteiger partial charge is 0.270 e. The molecule has 0 unspecified atom stereocenters. The van der Waals surface area contributed by atoms with Gasteiger partial charge in [0, 0.05) is 24.2 Å². The molecule has 0 saturated carbocycles. The fourth-order valence-corrected chi connectivity index (χ4v) is 4.22. The lowest BCUT2D eigenvalue weighted by molar-refractivity contribution is 0.0940. The van der Waals surface area contributed by atoms with Gasteiger partial charge in [-0.05, 0) is 18.1 Å². The summed E-state index contributed by atoms with van der Waals surface area (Å²) in [4.78, 5) is 26.1. The number of thiazole rings is 1. The van der Waals surface area contributed by atoms with E-state index < -0.39 is 0 Å². The molecule has 3 heterocycles. The van der Waals surface area contributed by atoms with E-state index in [0.717, 1.165) is 28.0 Å². The number of nitrogens with one attached hydrogen (secondary N) is 2. The highest BCUT2D eigenvalue weighted by molar-refractivity contribution is 7.16. The van der Waals surface area contributed by atoms with Crippen molar-refractivity contribution in [2.45, 2.75) is 13.0 Å². The number of rotatable bonds is 4. The first kappa shape index (κ1) is 16.8. The average Bonchev–Trinajstić information content (AvgIpc) is 3.22. The van der Waals surface area contributed by atoms with Gasteiger partial charge in [0.25, 0.3) is 5.91 Å². The third-order valence-electron chi connectivity index (χ3n) is 4.80. The van der Waals surface area contributed by atoms with Crippen LogP contribution in [-0.2, 0) is 13.0 Å². The Morgan fingerprint density at radius 3 is 2.86 bits per heavy atom. The third-order valence-corrected chi connectivity index (χ3v) is 5.72. The topological polar surface area (TPSA) is 79.8 Å². The van der Waals surface area contributed by atoms with E-state index in [1.807, 2.05) is 48.0 Å². The minimum absolute atomic E-state index is 0.145. The van der Waals surface area contributed by atoms with Gasteiger partial charge in [0.15, 0.2) is 5.82 Å². The van der Waals surface area contributed by atoms with Gasteiger partial charge in [-0.25, -0.2) is 15.0 Å². The average molecular weight is 387 g/mol. The van der Waals surface area contributed by atoms with Crippen LogP contribution in [0.1, 0.15) is 21.6 Å². The van der Waals surface area contributed by atoms with Crippen molar-refractivity contribution >= 4 is 33.3 Å². The Morgan fingerprint density at radius 1 is 1.07 bits per heavy atom. The number of amides is 1. The van der Waals surface area contributed by atoms with E-state index in [9.17, 15) is 4.79 Å². The molecular weight excluding hydrogens is 370 g/mol. The molecule has 1 aliphatic rings. The fraction of sp³-hybridized carbons (Fsp3) is 0.143. The zero-order valence-corrected chi connectivity index (χ0v) is 15.8. The summed E-state index contributed by atoms with van der Waals surface area (Å²) in [5.41, 5.74) is 6.24. The highest BCUT2D eigenvalue weighted by Gasteiger charge is 2.24. The Balaban J connectivity index is 1.55. The molecule has 1 aliphatic heterocycles. The van der Waals surface area contributed by atoms with Gasteiger partial charge >= 0.3 is 0 Å². The Labute approximate surface area is 165 Å². The van der Waals surface area contributed by atoms with E-state index in [0.29, 0.717) is 31.0 Å². The number of anilines is 1. The van der Waals surface area contributed by atoms with Gasteiger partial charge in [-0.15, -0.1) is 11.3 Å². The van der Waals surface area contributed by atoms with E-state index in [4.69, 9.17) is 4.98 Å². The van der Waals surface area contributed by atoms with E-state index in [-0.39, 0.29) is 5.91 Å². The predicted octanol–water partition coefficient (Wildman–Crippen LogP) is 3.65. The molecule has 0 saturated heterocycles. The fourth-order valence-electron chi connectivity index (χ4n) is 3.42. The quantitative estimate of drug-likeness (QED) is 0.559. The van der Waals surface area contributed by atoms with Crippen LogP contribution in [0.3, 0.4) is 0 Å². The molecule has 4 aromatic rings. The van der Waals surface area contributed by atoms with Crippen LogP contribution in [0.2, 0.25) is 0 Å². The lowest BCUT2D eigenvalue weighted by Gasteiger charge is -2.20. The second-order valence-corrected chi connectivity index (χ2v) is 7.42. The van der Waals surface area contributed by atoms with E-state index in [2.05, 4.69) is 26.7 Å². The van der Waals surface area contributed by atoms with E-state index in [1.54, 1.807) is 11.3 Å². The van der Waals surface area contributed by atoms with E-state index in [1.165, 1.54) is 4.70 Å². The molecule has 138 valence electrons. The molecule has 7 heteroatoms. The minimum Gasteiger partial charge on any atom is -0.366 e. The Kier molecular flexibility index (Phi) is 4.21. The van der Waals surface area contributed by atoms with Gasteiger partial charge in [-0.3, -0.25) is 4.79 Å². The van der Waals surface area contributed by atoms with Crippen molar-refractivity contribution in [2.75, 3.05) is 11.9 Å². The van der Waals surface area contributed by atoms with Crippen LogP contribution in [0, 0.1) is 0 Å². The van der Waals surface area contributed by atoms with Gasteiger partial charge in [0.1, 0.15) is 11.5 Å². The number of carbonyl (C=O) groups excluding carboxylic acids is 1. The van der Waals surface area contributed by atoms with Crippen molar-refractivity contribution in [3.05, 3.63) is 70.9 Å². The summed E-state index contributed by atoms with van der Waals surface area (Å²) in [6, 6.07) is 15.8. The molecule has 2 aromatic carbocycles. The molecular formula is C21H17N5OS. The van der Waals surface area contributed by atoms with Crippen molar-refractivity contribution in [1.82, 2.24) is 20.3 Å². The largest absolute Gasteiger partial charge is 0.366 e. The van der Waals surface area contributed by atoms with Gasteiger partial charge in [-0.2, -0.15) is 0 Å². The van der Waals surface area contributed by atoms with Gasteiger partial charge < -0.3 is 10.6 Å². The maximum absolute atomic E-state index is 12.4. The van der Waals surface area contributed by atoms with Gasteiger partial charge in [-0.1, -0.05) is 42.5 Å². The van der Waals surface area contributed by atoms with Crippen molar-refractivity contribution in [3.63, 3.8) is 0 Å². The Hall–Kier alpha value is -3.32. The second kappa shape index (κ2) is 7.01. The molecule has 0 bridgehead atoms. The first-order valence-corrected chi connectivity index (χ1v) is 9.97. The van der Waals surface area contributed by atoms with Gasteiger partial charge in [0.2, 0.25) is 0 Å². The third kappa shape index (κ3) is 2.99. The molecule has 0 radical (unpaired) electrons. The van der Waals surface area contributed by atoms with Crippen LogP contribution in [0.15, 0.2) is 54.0 Å². The Morgan fingerprint density at radius 2 is 1.96 bits per heavy atom. The molecule has 2 aromatic heterocycles. The zero-order valence-electron chi connectivity index (χ0n) is 15.0. The maximum Gasteiger partial charge on any atom is 0.270 e. The van der Waals surface area contributed by atoms with Crippen LogP contribution in [-0.4, -0.2) is 27.4 Å². The lowest BCUT2D eigenvalue weighted by atomic mass is 10.1. The number of hydrogen-bond acceptors (Lipinski definition) is 6. The molecule has 0 aliphatic carbocycles. The minimum atomic E-state index is -0.145. The van der Waals surface area contributed by atoms with Crippen molar-refractivity contribution in [3.8, 4) is 11.4 Å². The number of fused-ring (bicyclic) bond motifs is 2. The van der Waals surface area contributed by atoms with Crippen LogP contribution < -0.4 is 10.6 Å². The monoisotopic (exact) mass is 387 g/mol. The van der Waals surface area contributed by atoms with Gasteiger partial charge in [0.05, 0.1) is 15.7 Å². The first-order chi connectivity index (χ1) is 13.8. The number of hydrogen-bond donors (Lipinski definition) is 2. The van der Waals surface area contributed by atoms with E-state index >= 15 is 0 Å². The number of nitrogens with zero attached hydrogens (tertiary/aromatic N) is 3. The SMILES string of the molecule is O=C1NCCc2c(NCc3cccc4ncsc34)nc(-c3ccccc3)nc21. The summed E-state index contributed by atoms with van der Waals surface area (Å²) in [7, 11) is 0. The zero-order chi connectivity index (χ0) is 18.9. The molecule has 5 rings (SSSR count). The van der Waals surface area contributed by atoms with Crippen molar-refractivity contribution < 1.29 is 4.79 Å². The lowest BCUT2D eigenvalue weighted by Crippen LogP contribution is -2.34. The van der Waals surface area contributed by atoms with Crippen LogP contribution in [0.25, 0.3) is 21.6 Å². The molecule has 0 atom stereocenters. The van der Waals surface area contributed by atoms with Crippen LogP contribution in [0.5, 0.6) is 0 Å². The first-order valence-electron chi connectivity index (χ1n) is 9.09. The summed E-state index contributed by atoms with van der Waals surface area (Å²) < 4.78 is 1.17. The summed E-state index contributed by atoms with van der Waals surface area (Å²) >= 11 is 1.63. The molecule has 0 fully saturated rings. The molecule has 1 amide bonds. The normalized spacial score (nSPS) is 13.2. The van der Waals surface area contributed by atoms with Crippen LogP contribution >= 0.6 is 11.3 Å². The highest BCUT2D eigenvalue weighted by Crippen LogP contribution is 2.27. The predicted molar refractivity (Wildman–Crippen MR) is 110 cm³/mol. The maximum atomic E-state index is 12.4. The summed E-state index contributed by atoms with van der Waals surface area (Å²) in [5.74, 6) is 1.13. The highest BCUT2D eigenvalue weighted by atomic mass is 32.1. The Bertz CT molecular complexity index is 1170. The molecule has 6 nitrogen and oxygen atoms in total. The van der Waals surface area contributed by atoms with Crippen molar-refractivity contribution in [1.29, 1.82) is 0 Å². The number of carbonyl (C=O) groups is 1. The summed E-state index contributed by atoms with van der Waals surface area (Å²) in [6.07, 6.45) is 0.712. The number of aromatic nitrogens is 3. The molecule has 0 spiro atoms. The van der Waals surface area contributed by atoms with Crippen molar-refractivity contribution in [2.24, 2.45) is 0 Å². The number of benzene rings is 2. The molecule has 2 N–H and O–H groups in total. The summed E-state index contributed by atoms with van der Waals surface area (Å²) in [5, 5.41) is 6.32. The standard InChI is InChI=1S/C21H17N5OS/c27-21-17-15(9-10-22-21)20(26-19(25-17)13-5-2-1-3-6-13)23-11-14-7-4-8-16-18(14)28-12-24-16/h1-8,12H,9-11H2,(H,22,27)(H,23,25,26). The van der Waals surface area contributed by atoms with Crippen LogP contribution in [0.4, 0.5) is 5.82 Å². The molecule has 28 heavy (non-hydrogen) atoms. The second-order valence-electron chi connectivity index (χ2n) is 6.57.